The summed E-state index contributed by atoms with van der Waals surface area (Å²) in [7, 11) is 0. The van der Waals surface area contributed by atoms with Crippen LogP contribution in [0.5, 0.6) is 0 Å². The third-order valence-electron chi connectivity index (χ3n) is 4.74. The van der Waals surface area contributed by atoms with Crippen molar-refractivity contribution >= 4 is 4.61 Å². The molecule has 2 aromatic carbocycles. The zero-order valence-electron chi connectivity index (χ0n) is 17.1. The fourth-order valence-corrected chi connectivity index (χ4v) is 5.59. The van der Waals surface area contributed by atoms with Gasteiger partial charge in [-0.1, -0.05) is 0 Å². The molecule has 0 N–H and O–H groups in total. The molecule has 0 saturated carbocycles. The first-order valence-electron chi connectivity index (χ1n) is 9.18. The normalized spacial score (nSPS) is 10.9. The van der Waals surface area contributed by atoms with Crippen LogP contribution in [0.25, 0.3) is 11.4 Å². The molecule has 0 unspecified atom stereocenters. The van der Waals surface area contributed by atoms with Crippen LogP contribution in [-0.4, -0.2) is 13.7 Å². The zero-order chi connectivity index (χ0) is 19.7. The predicted octanol–water partition coefficient (Wildman–Crippen LogP) is 5.72. The minimum atomic E-state index is -0.107. The van der Waals surface area contributed by atoms with Crippen molar-refractivity contribution in [2.24, 2.45) is 0 Å². The summed E-state index contributed by atoms with van der Waals surface area (Å²) in [5.41, 5.74) is 10.5. The zero-order valence-corrected chi connectivity index (χ0v) is 18.8. The van der Waals surface area contributed by atoms with Gasteiger partial charge >= 0.3 is 170 Å². The fraction of sp³-hybridized carbons (Fsp3) is 0.250. The maximum absolute atomic E-state index is 3.91. The van der Waals surface area contributed by atoms with E-state index in [9.17, 15) is 0 Å². The first-order valence-corrected chi connectivity index (χ1v) is 11.0. The molecule has 0 atom stereocenters. The monoisotopic (exact) mass is 446 g/mol. The molecular formula is C24H28N2Ru. The van der Waals surface area contributed by atoms with Crippen molar-refractivity contribution in [2.75, 3.05) is 0 Å². The maximum atomic E-state index is 3.91. The molecule has 27 heavy (non-hydrogen) atoms. The summed E-state index contributed by atoms with van der Waals surface area (Å²) >= 11 is -0.107. The fourth-order valence-electron chi connectivity index (χ4n) is 3.99. The molecule has 0 spiro atoms. The van der Waals surface area contributed by atoms with Gasteiger partial charge in [0.2, 0.25) is 0 Å². The average Bonchev–Trinajstić information content (AvgIpc) is 2.94. The van der Waals surface area contributed by atoms with Crippen LogP contribution in [0.1, 0.15) is 33.4 Å². The van der Waals surface area contributed by atoms with Crippen molar-refractivity contribution in [2.45, 2.75) is 41.5 Å². The Morgan fingerprint density at radius 2 is 1.07 bits per heavy atom. The molecule has 1 aromatic heterocycles. The standard InChI is InChI=1S/C21H24N2.C3H4.Ru/c1-14-9-16(3)20(17(4)10-14)22-7-8-23(13-22)21-18(5)11-15(2)12-19(21)6;1-3-2;/h7-12H,1-6H3;1,3H,2H2;. The Morgan fingerprint density at radius 3 is 1.41 bits per heavy atom. The molecule has 0 aliphatic carbocycles. The molecule has 3 aromatic rings. The summed E-state index contributed by atoms with van der Waals surface area (Å²) in [5, 5.41) is 0. The number of aromatic nitrogens is 2. The van der Waals surface area contributed by atoms with Gasteiger partial charge in [-0.3, -0.25) is 0 Å². The van der Waals surface area contributed by atoms with Crippen LogP contribution in [0.3, 0.4) is 0 Å². The van der Waals surface area contributed by atoms with Crippen LogP contribution in [0.4, 0.5) is 0 Å². The van der Waals surface area contributed by atoms with Gasteiger partial charge < -0.3 is 0 Å². The van der Waals surface area contributed by atoms with Gasteiger partial charge in [0.15, 0.2) is 0 Å². The van der Waals surface area contributed by atoms with Gasteiger partial charge in [0.1, 0.15) is 0 Å². The molecular weight excluding hydrogens is 417 g/mol. The first-order chi connectivity index (χ1) is 12.8. The summed E-state index contributed by atoms with van der Waals surface area (Å²) in [6.45, 7) is 17.1. The van der Waals surface area contributed by atoms with Gasteiger partial charge in [0.25, 0.3) is 0 Å². The summed E-state index contributed by atoms with van der Waals surface area (Å²) in [5.74, 6) is 0. The van der Waals surface area contributed by atoms with Gasteiger partial charge in [0.05, 0.1) is 0 Å². The molecule has 0 bridgehead atoms. The summed E-state index contributed by atoms with van der Waals surface area (Å²) < 4.78 is 8.29. The van der Waals surface area contributed by atoms with E-state index in [1.54, 1.807) is 0 Å². The molecule has 1 heterocycles. The van der Waals surface area contributed by atoms with Crippen molar-refractivity contribution in [3.05, 3.63) is 86.7 Å². The number of allylic oxidation sites excluding steroid dienone is 1. The van der Waals surface area contributed by atoms with E-state index >= 15 is 0 Å². The van der Waals surface area contributed by atoms with Crippen LogP contribution in [0.2, 0.25) is 0 Å². The second kappa shape index (κ2) is 7.86. The van der Waals surface area contributed by atoms with Crippen LogP contribution in [0.15, 0.2) is 49.3 Å². The molecule has 3 rings (SSSR count). The first kappa shape index (κ1) is 19.6. The molecule has 0 fully saturated rings. The number of imidazole rings is 1. The van der Waals surface area contributed by atoms with E-state index < -0.39 is 0 Å². The summed E-state index contributed by atoms with van der Waals surface area (Å²) in [6, 6.07) is 9.08. The van der Waals surface area contributed by atoms with Gasteiger partial charge in [-0.2, -0.15) is 0 Å². The van der Waals surface area contributed by atoms with Crippen molar-refractivity contribution in [3.63, 3.8) is 0 Å². The molecule has 0 amide bonds. The van der Waals surface area contributed by atoms with Crippen molar-refractivity contribution < 1.29 is 16.2 Å². The van der Waals surface area contributed by atoms with Gasteiger partial charge in [-0.05, 0) is 0 Å². The number of aryl methyl sites for hydroxylation is 6. The summed E-state index contributed by atoms with van der Waals surface area (Å²) in [6.07, 6.45) is 6.35. The SMILES string of the molecule is C=C[CH]=[Ru]=[c]1n(-c2c(C)cc(C)cc2C)ccn1-c1c(C)cc(C)cc1C. The van der Waals surface area contributed by atoms with Gasteiger partial charge in [-0.25, -0.2) is 0 Å². The molecule has 2 nitrogen and oxygen atoms in total. The van der Waals surface area contributed by atoms with Crippen LogP contribution in [-0.2, 0) is 16.2 Å². The quantitative estimate of drug-likeness (QED) is 0.456. The van der Waals surface area contributed by atoms with Crippen molar-refractivity contribution in [3.8, 4) is 11.4 Å². The summed E-state index contributed by atoms with van der Waals surface area (Å²) in [4.78, 5) is 0. The van der Waals surface area contributed by atoms with Crippen molar-refractivity contribution in [1.29, 1.82) is 0 Å². The van der Waals surface area contributed by atoms with Gasteiger partial charge in [-0.15, -0.1) is 0 Å². The Morgan fingerprint density at radius 1 is 0.704 bits per heavy atom. The molecule has 142 valence electrons. The van der Waals surface area contributed by atoms with Crippen molar-refractivity contribution in [1.82, 2.24) is 9.13 Å². The second-order valence-corrected chi connectivity index (χ2v) is 9.10. The third-order valence-corrected chi connectivity index (χ3v) is 6.72. The number of hydrogen-bond acceptors (Lipinski definition) is 0. The number of nitrogens with zero attached hydrogens (tertiary/aromatic N) is 2. The Hall–Kier alpha value is -2.12. The second-order valence-electron chi connectivity index (χ2n) is 7.25. The predicted molar refractivity (Wildman–Crippen MR) is 113 cm³/mol. The Bertz CT molecular complexity index is 1010. The van der Waals surface area contributed by atoms with E-state index in [4.69, 9.17) is 0 Å². The molecule has 0 saturated heterocycles. The van der Waals surface area contributed by atoms with Crippen LogP contribution in [0, 0.1) is 45.6 Å². The Labute approximate surface area is 169 Å². The third kappa shape index (κ3) is 3.80. The molecule has 0 aliphatic heterocycles. The number of rotatable bonds is 3. The Balaban J connectivity index is 2.40. The minimum absolute atomic E-state index is 0.107. The van der Waals surface area contributed by atoms with Gasteiger partial charge in [0, 0.05) is 0 Å². The number of benzene rings is 2. The van der Waals surface area contributed by atoms with E-state index in [1.807, 2.05) is 6.08 Å². The molecule has 0 radical (unpaired) electrons. The molecule has 0 aliphatic rings. The number of hydrogen-bond donors (Lipinski definition) is 0. The van der Waals surface area contributed by atoms with Crippen LogP contribution < -0.4 is 0 Å². The average molecular weight is 446 g/mol. The van der Waals surface area contributed by atoms with E-state index in [0.29, 0.717) is 0 Å². The topological polar surface area (TPSA) is 9.86 Å². The molecule has 3 heteroatoms. The Kier molecular flexibility index (Phi) is 5.72. The van der Waals surface area contributed by atoms with E-state index in [1.165, 1.54) is 48.8 Å². The van der Waals surface area contributed by atoms with E-state index in [0.717, 1.165) is 0 Å². The van der Waals surface area contributed by atoms with Crippen LogP contribution >= 0.6 is 0 Å². The van der Waals surface area contributed by atoms with E-state index in [2.05, 4.69) is 98.5 Å². The van der Waals surface area contributed by atoms with E-state index in [-0.39, 0.29) is 16.2 Å².